The molecule has 0 saturated carbocycles. The molecule has 1 rings (SSSR count). The number of rotatable bonds is 7. The number of terminal acetylenes is 1. The molecule has 1 heterocycles. The maximum absolute atomic E-state index is 11.6. The van der Waals surface area contributed by atoms with Crippen LogP contribution in [-0.2, 0) is 10.0 Å². The highest BCUT2D eigenvalue weighted by atomic mass is 32.2. The fraction of sp³-hybridized carbons (Fsp3) is 0.364. The number of carbonyl (C=O) groups is 1. The van der Waals surface area contributed by atoms with Crippen LogP contribution in [0, 0.1) is 12.3 Å². The third-order valence-electron chi connectivity index (χ3n) is 2.02. The van der Waals surface area contributed by atoms with Crippen LogP contribution >= 0.6 is 0 Å². The zero-order valence-electron chi connectivity index (χ0n) is 9.18. The number of aldehydes is 1. The largest absolute Gasteiger partial charge is 0.440 e. The number of nitrogens with one attached hydrogen (secondary N) is 1. The number of sulfonamides is 1. The summed E-state index contributed by atoms with van der Waals surface area (Å²) in [6.07, 6.45) is 7.56. The van der Waals surface area contributed by atoms with Crippen LogP contribution in [0.3, 0.4) is 0 Å². The van der Waals surface area contributed by atoms with Crippen molar-refractivity contribution in [3.8, 4) is 12.3 Å². The standard InChI is InChI=1S/C11H13NO4S/c1-2-3-4-5-8-12-17(14,15)11-7-6-10(9-13)16-11/h1,6-7,9,12H,3-5,8H2. The van der Waals surface area contributed by atoms with E-state index in [1.54, 1.807) is 0 Å². The second-order valence-electron chi connectivity index (χ2n) is 3.33. The van der Waals surface area contributed by atoms with E-state index in [0.717, 1.165) is 6.42 Å². The molecule has 0 bridgehead atoms. The van der Waals surface area contributed by atoms with Crippen LogP contribution in [0.1, 0.15) is 29.8 Å². The van der Waals surface area contributed by atoms with Crippen LogP contribution < -0.4 is 4.72 Å². The molecule has 0 aliphatic heterocycles. The topological polar surface area (TPSA) is 76.4 Å². The molecule has 1 aromatic rings. The highest BCUT2D eigenvalue weighted by molar-refractivity contribution is 7.89. The predicted molar refractivity (Wildman–Crippen MR) is 62.0 cm³/mol. The molecular weight excluding hydrogens is 242 g/mol. The van der Waals surface area contributed by atoms with Gasteiger partial charge in [-0.2, -0.15) is 0 Å². The van der Waals surface area contributed by atoms with Crippen LogP contribution in [-0.4, -0.2) is 21.2 Å². The van der Waals surface area contributed by atoms with E-state index < -0.39 is 10.0 Å². The Balaban J connectivity index is 2.51. The Morgan fingerprint density at radius 1 is 1.41 bits per heavy atom. The maximum Gasteiger partial charge on any atom is 0.273 e. The van der Waals surface area contributed by atoms with Gasteiger partial charge >= 0.3 is 0 Å². The Bertz CT molecular complexity index is 510. The van der Waals surface area contributed by atoms with Gasteiger partial charge in [0.1, 0.15) is 0 Å². The number of unbranched alkanes of at least 4 members (excludes halogenated alkanes) is 2. The van der Waals surface area contributed by atoms with Crippen molar-refractivity contribution in [3.05, 3.63) is 17.9 Å². The smallest absolute Gasteiger partial charge is 0.273 e. The number of hydrogen-bond donors (Lipinski definition) is 1. The first-order chi connectivity index (χ1) is 8.10. The first kappa shape index (κ1) is 13.5. The lowest BCUT2D eigenvalue weighted by Crippen LogP contribution is -2.24. The van der Waals surface area contributed by atoms with Gasteiger partial charge in [-0.05, 0) is 25.0 Å². The normalized spacial score (nSPS) is 11.0. The van der Waals surface area contributed by atoms with Gasteiger partial charge < -0.3 is 4.42 Å². The molecule has 6 heteroatoms. The van der Waals surface area contributed by atoms with Crippen molar-refractivity contribution in [1.29, 1.82) is 0 Å². The molecule has 0 spiro atoms. The van der Waals surface area contributed by atoms with Crippen LogP contribution in [0.25, 0.3) is 0 Å². The predicted octanol–water partition coefficient (Wildman–Crippen LogP) is 1.17. The lowest BCUT2D eigenvalue weighted by atomic mass is 10.2. The molecule has 92 valence electrons. The fourth-order valence-corrected chi connectivity index (χ4v) is 2.18. The van der Waals surface area contributed by atoms with Crippen molar-refractivity contribution in [2.45, 2.75) is 24.4 Å². The highest BCUT2D eigenvalue weighted by Crippen LogP contribution is 2.12. The van der Waals surface area contributed by atoms with Crippen LogP contribution in [0.2, 0.25) is 0 Å². The van der Waals surface area contributed by atoms with Gasteiger partial charge in [0.05, 0.1) is 0 Å². The van der Waals surface area contributed by atoms with Crippen LogP contribution in [0.4, 0.5) is 0 Å². The average Bonchev–Trinajstić information content (AvgIpc) is 2.78. The van der Waals surface area contributed by atoms with E-state index in [9.17, 15) is 13.2 Å². The van der Waals surface area contributed by atoms with Gasteiger partial charge in [0.2, 0.25) is 5.09 Å². The van der Waals surface area contributed by atoms with Gasteiger partial charge in [-0.15, -0.1) is 12.3 Å². The second kappa shape index (κ2) is 6.23. The van der Waals surface area contributed by atoms with E-state index in [-0.39, 0.29) is 10.9 Å². The van der Waals surface area contributed by atoms with Crippen LogP contribution in [0.15, 0.2) is 21.6 Å². The lowest BCUT2D eigenvalue weighted by Gasteiger charge is -2.02. The zero-order valence-corrected chi connectivity index (χ0v) is 10.00. The quantitative estimate of drug-likeness (QED) is 0.451. The summed E-state index contributed by atoms with van der Waals surface area (Å²) in [5, 5.41) is -0.253. The third kappa shape index (κ3) is 4.06. The summed E-state index contributed by atoms with van der Waals surface area (Å²) in [5.74, 6) is 2.46. The molecule has 0 amide bonds. The summed E-state index contributed by atoms with van der Waals surface area (Å²) in [6.45, 7) is 0.293. The molecule has 0 atom stereocenters. The van der Waals surface area contributed by atoms with E-state index in [1.165, 1.54) is 12.1 Å². The maximum atomic E-state index is 11.6. The number of carbonyl (C=O) groups excluding carboxylic acids is 1. The SMILES string of the molecule is C#CCCCCNS(=O)(=O)c1ccc(C=O)o1. The van der Waals surface area contributed by atoms with E-state index in [4.69, 9.17) is 10.8 Å². The Morgan fingerprint density at radius 3 is 2.76 bits per heavy atom. The van der Waals surface area contributed by atoms with E-state index >= 15 is 0 Å². The highest BCUT2D eigenvalue weighted by Gasteiger charge is 2.17. The Morgan fingerprint density at radius 2 is 2.18 bits per heavy atom. The third-order valence-corrected chi connectivity index (χ3v) is 3.36. The van der Waals surface area contributed by atoms with Gasteiger partial charge in [-0.1, -0.05) is 0 Å². The second-order valence-corrected chi connectivity index (χ2v) is 5.03. The molecule has 0 saturated heterocycles. The molecule has 5 nitrogen and oxygen atoms in total. The summed E-state index contributed by atoms with van der Waals surface area (Å²) >= 11 is 0. The van der Waals surface area contributed by atoms with Crippen molar-refractivity contribution in [1.82, 2.24) is 4.72 Å². The minimum Gasteiger partial charge on any atom is -0.440 e. The van der Waals surface area contributed by atoms with Crippen molar-refractivity contribution in [3.63, 3.8) is 0 Å². The van der Waals surface area contributed by atoms with Crippen molar-refractivity contribution >= 4 is 16.3 Å². The minimum absolute atomic E-state index is 0.0160. The number of furan rings is 1. The van der Waals surface area contributed by atoms with Gasteiger partial charge in [0, 0.05) is 13.0 Å². The molecule has 1 aromatic heterocycles. The summed E-state index contributed by atoms with van der Waals surface area (Å²) in [4.78, 5) is 10.4. The lowest BCUT2D eigenvalue weighted by molar-refractivity contribution is 0.109. The molecule has 1 N–H and O–H groups in total. The van der Waals surface area contributed by atoms with Gasteiger partial charge in [0.15, 0.2) is 12.0 Å². The summed E-state index contributed by atoms with van der Waals surface area (Å²) in [6, 6.07) is 2.55. The summed E-state index contributed by atoms with van der Waals surface area (Å²) in [5.41, 5.74) is 0. The van der Waals surface area contributed by atoms with Gasteiger partial charge in [0.25, 0.3) is 10.0 Å². The van der Waals surface area contributed by atoms with Crippen molar-refractivity contribution in [2.24, 2.45) is 0 Å². The van der Waals surface area contributed by atoms with Gasteiger partial charge in [-0.3, -0.25) is 4.79 Å². The average molecular weight is 255 g/mol. The molecule has 0 radical (unpaired) electrons. The molecule has 17 heavy (non-hydrogen) atoms. The van der Waals surface area contributed by atoms with E-state index in [0.29, 0.717) is 25.7 Å². The monoisotopic (exact) mass is 255 g/mol. The molecule has 0 aromatic carbocycles. The van der Waals surface area contributed by atoms with Gasteiger partial charge in [-0.25, -0.2) is 13.1 Å². The first-order valence-electron chi connectivity index (χ1n) is 5.08. The van der Waals surface area contributed by atoms with Crippen molar-refractivity contribution < 1.29 is 17.6 Å². The zero-order chi connectivity index (χ0) is 12.7. The molecule has 0 aliphatic rings. The van der Waals surface area contributed by atoms with E-state index in [1.807, 2.05) is 0 Å². The molecular formula is C11H13NO4S. The summed E-state index contributed by atoms with van der Waals surface area (Å²) < 4.78 is 30.5. The van der Waals surface area contributed by atoms with Crippen LogP contribution in [0.5, 0.6) is 0 Å². The Labute approximate surface area is 100 Å². The minimum atomic E-state index is -3.66. The van der Waals surface area contributed by atoms with E-state index in [2.05, 4.69) is 10.6 Å². The number of hydrogen-bond acceptors (Lipinski definition) is 4. The molecule has 0 aliphatic carbocycles. The molecule has 0 unspecified atom stereocenters. The van der Waals surface area contributed by atoms with Crippen molar-refractivity contribution in [2.75, 3.05) is 6.54 Å². The Hall–Kier alpha value is -1.58. The fourth-order valence-electron chi connectivity index (χ4n) is 1.17. The Kier molecular flexibility index (Phi) is 4.94. The summed E-state index contributed by atoms with van der Waals surface area (Å²) in [7, 11) is -3.66. The molecule has 0 fully saturated rings. The first-order valence-corrected chi connectivity index (χ1v) is 6.56.